The van der Waals surface area contributed by atoms with E-state index in [0.29, 0.717) is 42.8 Å². The highest BCUT2D eigenvalue weighted by molar-refractivity contribution is 5.95. The van der Waals surface area contributed by atoms with Crippen molar-refractivity contribution in [2.45, 2.75) is 44.6 Å². The highest BCUT2D eigenvalue weighted by Crippen LogP contribution is 2.46. The molecule has 0 fully saturated rings. The van der Waals surface area contributed by atoms with Crippen LogP contribution in [0.2, 0.25) is 0 Å². The van der Waals surface area contributed by atoms with Gasteiger partial charge in [-0.3, -0.25) is 14.6 Å². The second-order valence-corrected chi connectivity index (χ2v) is 9.16. The molecule has 0 unspecified atom stereocenters. The first kappa shape index (κ1) is 24.4. The molecule has 5 N–H and O–H groups in total. The fraction of sp³-hybridized carbons (Fsp3) is 0.385. The van der Waals surface area contributed by atoms with Crippen LogP contribution in [0, 0.1) is 0 Å². The number of amides is 2. The average molecular weight is 477 g/mol. The third-order valence-electron chi connectivity index (χ3n) is 6.83. The van der Waals surface area contributed by atoms with Crippen LogP contribution in [0.3, 0.4) is 0 Å². The van der Waals surface area contributed by atoms with E-state index in [9.17, 15) is 14.4 Å². The topological polar surface area (TPSA) is 135 Å². The summed E-state index contributed by atoms with van der Waals surface area (Å²) in [7, 11) is 3.21. The van der Waals surface area contributed by atoms with Gasteiger partial charge in [-0.1, -0.05) is 12.1 Å². The number of H-pyrrole nitrogens is 1. The number of hydrogen-bond donors (Lipinski definition) is 4. The average Bonchev–Trinajstić information content (AvgIpc) is 3.21. The van der Waals surface area contributed by atoms with Crippen molar-refractivity contribution in [3.63, 3.8) is 0 Å². The summed E-state index contributed by atoms with van der Waals surface area (Å²) in [6.07, 6.45) is 1.80. The Morgan fingerprint density at radius 1 is 1.03 bits per heavy atom. The summed E-state index contributed by atoms with van der Waals surface area (Å²) in [4.78, 5) is 40.7. The minimum Gasteiger partial charge on any atom is -0.355 e. The molecule has 0 saturated carbocycles. The van der Waals surface area contributed by atoms with Crippen molar-refractivity contribution < 1.29 is 9.59 Å². The summed E-state index contributed by atoms with van der Waals surface area (Å²) in [5, 5.41) is 10.1. The highest BCUT2D eigenvalue weighted by atomic mass is 16.2. The predicted octanol–water partition coefficient (Wildman–Crippen LogP) is 1.65. The molecule has 9 nitrogen and oxygen atoms in total. The number of nitrogens with two attached hydrogens (primary N) is 1. The molecule has 2 amide bonds. The number of benzene rings is 2. The van der Waals surface area contributed by atoms with E-state index >= 15 is 0 Å². The number of carbonyl (C=O) groups is 2. The molecule has 0 bridgehead atoms. The summed E-state index contributed by atoms with van der Waals surface area (Å²) in [6.45, 7) is 4.15. The predicted molar refractivity (Wildman–Crippen MR) is 134 cm³/mol. The van der Waals surface area contributed by atoms with E-state index in [2.05, 4.69) is 15.6 Å². The number of nitrogens with one attached hydrogen (secondary N) is 3. The number of aromatic amines is 1. The zero-order valence-corrected chi connectivity index (χ0v) is 20.6. The molecule has 4 rings (SSSR count). The molecule has 0 spiro atoms. The minimum atomic E-state index is -0.850. The Kier molecular flexibility index (Phi) is 6.62. The van der Waals surface area contributed by atoms with Gasteiger partial charge < -0.3 is 16.4 Å². The molecular weight excluding hydrogens is 444 g/mol. The van der Waals surface area contributed by atoms with Gasteiger partial charge in [-0.25, -0.2) is 9.48 Å². The molecule has 35 heavy (non-hydrogen) atoms. The van der Waals surface area contributed by atoms with Gasteiger partial charge >= 0.3 is 5.69 Å². The largest absolute Gasteiger partial charge is 0.355 e. The molecule has 184 valence electrons. The zero-order valence-electron chi connectivity index (χ0n) is 20.6. The molecule has 1 aliphatic rings. The van der Waals surface area contributed by atoms with Gasteiger partial charge in [-0.15, -0.1) is 0 Å². The van der Waals surface area contributed by atoms with Gasteiger partial charge in [-0.2, -0.15) is 5.10 Å². The summed E-state index contributed by atoms with van der Waals surface area (Å²) < 4.78 is 1.44. The van der Waals surface area contributed by atoms with Crippen LogP contribution in [0.15, 0.2) is 41.2 Å². The number of aromatic nitrogens is 3. The van der Waals surface area contributed by atoms with Crippen LogP contribution in [-0.4, -0.2) is 47.2 Å². The third-order valence-corrected chi connectivity index (χ3v) is 6.83. The molecule has 1 heterocycles. The van der Waals surface area contributed by atoms with Gasteiger partial charge in [0.1, 0.15) is 5.82 Å². The van der Waals surface area contributed by atoms with E-state index in [1.54, 1.807) is 26.2 Å². The van der Waals surface area contributed by atoms with Gasteiger partial charge in [-0.05, 0) is 86.2 Å². The smallest absolute Gasteiger partial charge is 0.343 e. The van der Waals surface area contributed by atoms with Crippen LogP contribution in [0.4, 0.5) is 0 Å². The molecule has 2 aromatic carbocycles. The minimum absolute atomic E-state index is 0.126. The molecule has 0 saturated heterocycles. The third kappa shape index (κ3) is 4.05. The monoisotopic (exact) mass is 476 g/mol. The van der Waals surface area contributed by atoms with E-state index in [1.165, 1.54) is 4.68 Å². The standard InChI is InChI=1S/C26H32N6O3/c1-15(2)32-25(35)30-24(31-32)26(11-12-27)20-9-7-18(22(33)28-3)13-16(20)5-6-17-14-19(23(34)29-4)8-10-21(17)26/h7-10,13-15H,5-6,11-12,27H2,1-4H3,(H,28,33)(H,29,34)(H,30,31,35). The van der Waals surface area contributed by atoms with Crippen molar-refractivity contribution >= 4 is 11.8 Å². The van der Waals surface area contributed by atoms with E-state index < -0.39 is 5.41 Å². The Morgan fingerprint density at radius 2 is 1.54 bits per heavy atom. The molecule has 0 atom stereocenters. The lowest BCUT2D eigenvalue weighted by atomic mass is 9.69. The summed E-state index contributed by atoms with van der Waals surface area (Å²) in [6, 6.07) is 11.2. The van der Waals surface area contributed by atoms with Crippen LogP contribution in [0.5, 0.6) is 0 Å². The lowest BCUT2D eigenvalue weighted by Crippen LogP contribution is -2.35. The SMILES string of the molecule is CNC(=O)c1ccc2c(c1)CCc1cc(C(=O)NC)ccc1C2(CCN)c1nn(C(C)C)c(=O)[nH]1. The van der Waals surface area contributed by atoms with Gasteiger partial charge in [0.2, 0.25) is 0 Å². The molecule has 0 radical (unpaired) electrons. The van der Waals surface area contributed by atoms with E-state index in [0.717, 1.165) is 22.3 Å². The molecule has 1 aliphatic carbocycles. The van der Waals surface area contributed by atoms with Crippen LogP contribution in [0.25, 0.3) is 0 Å². The van der Waals surface area contributed by atoms with E-state index in [4.69, 9.17) is 10.8 Å². The molecule has 1 aromatic heterocycles. The molecule has 9 heteroatoms. The Hall–Kier alpha value is -3.72. The number of hydrogen-bond acceptors (Lipinski definition) is 5. The summed E-state index contributed by atoms with van der Waals surface area (Å²) in [5.41, 5.74) is 10.0. The first-order valence-electron chi connectivity index (χ1n) is 11.9. The number of rotatable bonds is 6. The van der Waals surface area contributed by atoms with Crippen molar-refractivity contribution in [2.75, 3.05) is 20.6 Å². The maximum absolute atomic E-state index is 12.9. The van der Waals surface area contributed by atoms with E-state index in [1.807, 2.05) is 38.1 Å². The number of carbonyl (C=O) groups excluding carboxylic acids is 2. The molecule has 3 aromatic rings. The second kappa shape index (κ2) is 9.50. The van der Waals surface area contributed by atoms with Crippen LogP contribution < -0.4 is 22.1 Å². The first-order valence-corrected chi connectivity index (χ1v) is 11.9. The van der Waals surface area contributed by atoms with Crippen molar-refractivity contribution in [3.8, 4) is 0 Å². The molecular formula is C26H32N6O3. The molecule has 0 aliphatic heterocycles. The zero-order chi connectivity index (χ0) is 25.3. The normalized spacial score (nSPS) is 14.1. The van der Waals surface area contributed by atoms with Gasteiger partial charge in [0.05, 0.1) is 11.5 Å². The Bertz CT molecular complexity index is 1270. The summed E-state index contributed by atoms with van der Waals surface area (Å²) >= 11 is 0. The van der Waals surface area contributed by atoms with Crippen molar-refractivity contribution in [1.82, 2.24) is 25.4 Å². The van der Waals surface area contributed by atoms with Crippen molar-refractivity contribution in [1.29, 1.82) is 0 Å². The quantitative estimate of drug-likeness (QED) is 0.429. The Balaban J connectivity index is 2.07. The van der Waals surface area contributed by atoms with Crippen LogP contribution in [-0.2, 0) is 18.3 Å². The second-order valence-electron chi connectivity index (χ2n) is 9.16. The lowest BCUT2D eigenvalue weighted by molar-refractivity contribution is 0.0955. The van der Waals surface area contributed by atoms with Crippen molar-refractivity contribution in [2.24, 2.45) is 5.73 Å². The van der Waals surface area contributed by atoms with E-state index in [-0.39, 0.29) is 23.5 Å². The van der Waals surface area contributed by atoms with Gasteiger partial charge in [0.25, 0.3) is 11.8 Å². The number of nitrogens with zero attached hydrogens (tertiary/aromatic N) is 2. The Labute approximate surface area is 204 Å². The van der Waals surface area contributed by atoms with Crippen LogP contribution in [0.1, 0.15) is 75.1 Å². The summed E-state index contributed by atoms with van der Waals surface area (Å²) in [5.74, 6) is 0.170. The number of aryl methyl sites for hydroxylation is 2. The fourth-order valence-electron chi connectivity index (χ4n) is 5.16. The maximum atomic E-state index is 12.9. The van der Waals surface area contributed by atoms with Crippen molar-refractivity contribution in [3.05, 3.63) is 86.1 Å². The maximum Gasteiger partial charge on any atom is 0.343 e. The first-order chi connectivity index (χ1) is 16.8. The van der Waals surface area contributed by atoms with Gasteiger partial charge in [0, 0.05) is 25.2 Å². The fourth-order valence-corrected chi connectivity index (χ4v) is 5.16. The van der Waals surface area contributed by atoms with Crippen LogP contribution >= 0.6 is 0 Å². The highest BCUT2D eigenvalue weighted by Gasteiger charge is 2.44. The lowest BCUT2D eigenvalue weighted by Gasteiger charge is -2.34. The number of fused-ring (bicyclic) bond motifs is 2. The van der Waals surface area contributed by atoms with Gasteiger partial charge in [0.15, 0.2) is 0 Å². The Morgan fingerprint density at radius 3 is 1.94 bits per heavy atom.